The third-order valence-electron chi connectivity index (χ3n) is 3.15. The minimum Gasteiger partial charge on any atom is -0.337 e. The lowest BCUT2D eigenvalue weighted by Crippen LogP contribution is -2.51. The van der Waals surface area contributed by atoms with Crippen LogP contribution in [0.5, 0.6) is 0 Å². The van der Waals surface area contributed by atoms with E-state index >= 15 is 0 Å². The predicted octanol–water partition coefficient (Wildman–Crippen LogP) is 3.27. The van der Waals surface area contributed by atoms with Crippen LogP contribution in [0.1, 0.15) is 27.7 Å². The van der Waals surface area contributed by atoms with Crippen LogP contribution in [-0.2, 0) is 4.79 Å². The average molecular weight is 312 g/mol. The van der Waals surface area contributed by atoms with E-state index in [2.05, 4.69) is 16.4 Å². The Hall–Kier alpha value is -1.25. The van der Waals surface area contributed by atoms with Crippen LogP contribution in [0.25, 0.3) is 0 Å². The summed E-state index contributed by atoms with van der Waals surface area (Å²) in [5.41, 5.74) is -0.875. The molecule has 1 aromatic heterocycles. The van der Waals surface area contributed by atoms with Crippen molar-refractivity contribution in [1.82, 2.24) is 10.3 Å². The normalized spacial score (nSPS) is 15.2. The van der Waals surface area contributed by atoms with Gasteiger partial charge >= 0.3 is 0 Å². The van der Waals surface area contributed by atoms with Crippen molar-refractivity contribution in [3.63, 3.8) is 0 Å². The first kappa shape index (κ1) is 16.8. The number of amides is 1. The Bertz CT molecular complexity index is 529. The number of carbonyl (C=O) groups excluding carboxylic acids is 1. The second-order valence-corrected chi connectivity index (χ2v) is 6.75. The van der Waals surface area contributed by atoms with Gasteiger partial charge in [0.25, 0.3) is 0 Å². The number of hydrogen-bond acceptors (Lipinski definition) is 4. The van der Waals surface area contributed by atoms with Gasteiger partial charge in [0.2, 0.25) is 5.91 Å². The van der Waals surface area contributed by atoms with E-state index in [0.29, 0.717) is 10.0 Å². The number of aromatic nitrogens is 1. The van der Waals surface area contributed by atoms with Gasteiger partial charge in [-0.1, -0.05) is 37.2 Å². The summed E-state index contributed by atoms with van der Waals surface area (Å²) in [5.74, 6) is -0.179. The Morgan fingerprint density at radius 1 is 1.55 bits per heavy atom. The number of nitrogens with one attached hydrogen (secondary N) is 1. The van der Waals surface area contributed by atoms with Crippen molar-refractivity contribution in [2.75, 3.05) is 0 Å². The monoisotopic (exact) mass is 311 g/mol. The van der Waals surface area contributed by atoms with E-state index < -0.39 is 5.54 Å². The van der Waals surface area contributed by atoms with Crippen LogP contribution in [0.15, 0.2) is 23.4 Å². The molecule has 1 amide bonds. The molecule has 0 spiro atoms. The summed E-state index contributed by atoms with van der Waals surface area (Å²) >= 11 is 7.29. The highest BCUT2D eigenvalue weighted by Gasteiger charge is 2.32. The minimum atomic E-state index is -0.875. The van der Waals surface area contributed by atoms with Crippen molar-refractivity contribution in [2.24, 2.45) is 5.92 Å². The quantitative estimate of drug-likeness (QED) is 0.848. The maximum Gasteiger partial charge on any atom is 0.234 e. The summed E-state index contributed by atoms with van der Waals surface area (Å²) in [5, 5.41) is 12.8. The Morgan fingerprint density at radius 3 is 2.70 bits per heavy atom. The zero-order valence-electron chi connectivity index (χ0n) is 12.0. The van der Waals surface area contributed by atoms with Crippen LogP contribution in [0.4, 0.5) is 0 Å². The first-order valence-electron chi connectivity index (χ1n) is 6.30. The largest absolute Gasteiger partial charge is 0.337 e. The Balaban J connectivity index is 2.74. The SMILES string of the molecule is CC(C)[C@](C)(C#N)NC(=O)[C@H](C)Sc1ncccc1Cl. The fourth-order valence-corrected chi connectivity index (χ4v) is 2.40. The summed E-state index contributed by atoms with van der Waals surface area (Å²) in [6.45, 7) is 7.29. The maximum atomic E-state index is 12.2. The minimum absolute atomic E-state index is 0.0205. The molecule has 1 aromatic rings. The number of halogens is 1. The van der Waals surface area contributed by atoms with E-state index in [9.17, 15) is 10.1 Å². The average Bonchev–Trinajstić information content (AvgIpc) is 2.40. The predicted molar refractivity (Wildman–Crippen MR) is 81.6 cm³/mol. The number of nitriles is 1. The van der Waals surface area contributed by atoms with Crippen LogP contribution in [0.3, 0.4) is 0 Å². The Labute approximate surface area is 128 Å². The van der Waals surface area contributed by atoms with Gasteiger partial charge in [0, 0.05) is 6.20 Å². The first-order valence-corrected chi connectivity index (χ1v) is 7.56. The van der Waals surface area contributed by atoms with Gasteiger partial charge in [-0.05, 0) is 31.9 Å². The van der Waals surface area contributed by atoms with Gasteiger partial charge in [0.1, 0.15) is 10.6 Å². The molecular formula is C14H18ClN3OS. The molecule has 108 valence electrons. The van der Waals surface area contributed by atoms with E-state index in [-0.39, 0.29) is 17.1 Å². The molecule has 0 aliphatic carbocycles. The molecule has 20 heavy (non-hydrogen) atoms. The summed E-state index contributed by atoms with van der Waals surface area (Å²) < 4.78 is 0. The van der Waals surface area contributed by atoms with Gasteiger partial charge in [-0.25, -0.2) is 4.98 Å². The smallest absolute Gasteiger partial charge is 0.234 e. The molecule has 1 N–H and O–H groups in total. The lowest BCUT2D eigenvalue weighted by molar-refractivity contribution is -0.121. The number of hydrogen-bond donors (Lipinski definition) is 1. The highest BCUT2D eigenvalue weighted by Crippen LogP contribution is 2.28. The molecule has 0 bridgehead atoms. The molecule has 0 saturated carbocycles. The van der Waals surface area contributed by atoms with Gasteiger partial charge in [-0.2, -0.15) is 5.26 Å². The zero-order valence-corrected chi connectivity index (χ0v) is 13.5. The second kappa shape index (κ2) is 6.96. The third-order valence-corrected chi connectivity index (χ3v) is 4.69. The zero-order chi connectivity index (χ0) is 15.3. The number of pyridine rings is 1. The molecule has 0 fully saturated rings. The molecule has 1 heterocycles. The second-order valence-electron chi connectivity index (χ2n) is 5.01. The summed E-state index contributed by atoms with van der Waals surface area (Å²) in [7, 11) is 0. The van der Waals surface area contributed by atoms with Gasteiger partial charge < -0.3 is 5.32 Å². The Kier molecular flexibility index (Phi) is 5.85. The molecule has 0 aromatic carbocycles. The molecule has 2 atom stereocenters. The highest BCUT2D eigenvalue weighted by atomic mass is 35.5. The van der Waals surface area contributed by atoms with Gasteiger partial charge in [-0.15, -0.1) is 0 Å². The van der Waals surface area contributed by atoms with Crippen LogP contribution in [0, 0.1) is 17.2 Å². The van der Waals surface area contributed by atoms with E-state index in [4.69, 9.17) is 11.6 Å². The first-order chi connectivity index (χ1) is 9.30. The van der Waals surface area contributed by atoms with E-state index in [1.807, 2.05) is 13.8 Å². The molecule has 0 radical (unpaired) electrons. The van der Waals surface area contributed by atoms with Crippen LogP contribution in [-0.4, -0.2) is 21.7 Å². The number of rotatable bonds is 5. The molecular weight excluding hydrogens is 294 g/mol. The number of carbonyl (C=O) groups is 1. The van der Waals surface area contributed by atoms with E-state index in [0.717, 1.165) is 0 Å². The molecule has 0 saturated heterocycles. The molecule has 0 aliphatic rings. The van der Waals surface area contributed by atoms with Crippen LogP contribution in [0.2, 0.25) is 5.02 Å². The van der Waals surface area contributed by atoms with Crippen molar-refractivity contribution in [3.8, 4) is 6.07 Å². The van der Waals surface area contributed by atoms with Gasteiger partial charge in [0.15, 0.2) is 0 Å². The maximum absolute atomic E-state index is 12.2. The number of thioether (sulfide) groups is 1. The molecule has 0 aliphatic heterocycles. The summed E-state index contributed by atoms with van der Waals surface area (Å²) in [6, 6.07) is 5.63. The summed E-state index contributed by atoms with van der Waals surface area (Å²) in [6.07, 6.45) is 1.63. The standard InChI is InChI=1S/C14H18ClN3OS/c1-9(2)14(4,8-16)18-12(19)10(3)20-13-11(15)6-5-7-17-13/h5-7,9-10H,1-4H3,(H,18,19)/t10-,14-/m0/s1. The Morgan fingerprint density at radius 2 is 2.20 bits per heavy atom. The fourth-order valence-electron chi connectivity index (χ4n) is 1.34. The van der Waals surface area contributed by atoms with Crippen LogP contribution < -0.4 is 5.32 Å². The van der Waals surface area contributed by atoms with Crippen LogP contribution >= 0.6 is 23.4 Å². The van der Waals surface area contributed by atoms with Crippen molar-refractivity contribution in [2.45, 2.75) is 43.5 Å². The lowest BCUT2D eigenvalue weighted by Gasteiger charge is -2.28. The van der Waals surface area contributed by atoms with E-state index in [1.54, 1.807) is 32.2 Å². The van der Waals surface area contributed by atoms with E-state index in [1.165, 1.54) is 11.8 Å². The summed E-state index contributed by atoms with van der Waals surface area (Å²) in [4.78, 5) is 16.3. The molecule has 0 unspecified atom stereocenters. The fraction of sp³-hybridized carbons (Fsp3) is 0.500. The molecule has 4 nitrogen and oxygen atoms in total. The molecule has 1 rings (SSSR count). The van der Waals surface area contributed by atoms with Crippen molar-refractivity contribution < 1.29 is 4.79 Å². The third kappa shape index (κ3) is 4.12. The van der Waals surface area contributed by atoms with Gasteiger partial charge in [0.05, 0.1) is 16.3 Å². The number of nitrogens with zero attached hydrogens (tertiary/aromatic N) is 2. The van der Waals surface area contributed by atoms with Crippen molar-refractivity contribution >= 4 is 29.3 Å². The topological polar surface area (TPSA) is 65.8 Å². The van der Waals surface area contributed by atoms with Gasteiger partial charge in [-0.3, -0.25) is 4.79 Å². The lowest BCUT2D eigenvalue weighted by atomic mass is 9.90. The molecule has 6 heteroatoms. The van der Waals surface area contributed by atoms with Crippen molar-refractivity contribution in [3.05, 3.63) is 23.4 Å². The van der Waals surface area contributed by atoms with Crippen molar-refractivity contribution in [1.29, 1.82) is 5.26 Å². The highest BCUT2D eigenvalue weighted by molar-refractivity contribution is 8.00.